The second-order valence-corrected chi connectivity index (χ2v) is 6.29. The maximum absolute atomic E-state index is 12.2. The molecule has 0 saturated heterocycles. The van der Waals surface area contributed by atoms with E-state index in [2.05, 4.69) is 14.8 Å². The van der Waals surface area contributed by atoms with Crippen molar-refractivity contribution in [2.75, 3.05) is 31.5 Å². The van der Waals surface area contributed by atoms with Crippen molar-refractivity contribution in [1.82, 2.24) is 0 Å². The Bertz CT molecular complexity index is 706. The Kier molecular flexibility index (Phi) is 7.18. The number of methoxy groups -OCH3 is 2. The number of hydrogen-bond acceptors (Lipinski definition) is 7. The van der Waals surface area contributed by atoms with Gasteiger partial charge in [-0.15, -0.1) is 0 Å². The Morgan fingerprint density at radius 3 is 2.31 bits per heavy atom. The van der Waals surface area contributed by atoms with Crippen LogP contribution in [0.4, 0.5) is 16.2 Å². The van der Waals surface area contributed by atoms with E-state index in [9.17, 15) is 14.4 Å². The lowest BCUT2D eigenvalue weighted by molar-refractivity contribution is -0.138. The van der Waals surface area contributed by atoms with Crippen molar-refractivity contribution >= 4 is 29.4 Å². The Hall–Kier alpha value is -3.03. The zero-order chi connectivity index (χ0) is 19.9. The molecule has 1 N–H and O–H groups in total. The van der Waals surface area contributed by atoms with Gasteiger partial charge in [0, 0.05) is 18.4 Å². The van der Waals surface area contributed by atoms with Crippen molar-refractivity contribution in [3.63, 3.8) is 0 Å². The number of carbonyl (C=O) groups is 3. The maximum Gasteiger partial charge on any atom is 0.414 e. The van der Waals surface area contributed by atoms with E-state index in [1.54, 1.807) is 52.1 Å². The van der Waals surface area contributed by atoms with E-state index in [4.69, 9.17) is 4.74 Å². The highest BCUT2D eigenvalue weighted by Gasteiger charge is 2.21. The van der Waals surface area contributed by atoms with Crippen LogP contribution in [0.15, 0.2) is 36.0 Å². The number of nitrogens with zero attached hydrogens (tertiary/aromatic N) is 1. The minimum Gasteiger partial charge on any atom is -0.466 e. The molecule has 1 amide bonds. The molecule has 0 unspecified atom stereocenters. The molecule has 0 spiro atoms. The summed E-state index contributed by atoms with van der Waals surface area (Å²) in [7, 11) is 3.96. The van der Waals surface area contributed by atoms with Gasteiger partial charge < -0.3 is 19.5 Å². The molecule has 8 nitrogen and oxygen atoms in total. The van der Waals surface area contributed by atoms with E-state index < -0.39 is 23.6 Å². The van der Waals surface area contributed by atoms with E-state index >= 15 is 0 Å². The molecule has 0 heterocycles. The molecule has 1 aromatic rings. The normalized spacial score (nSPS) is 11.4. The molecule has 1 aromatic carbocycles. The first-order valence-electron chi connectivity index (χ1n) is 7.79. The molecule has 142 valence electrons. The molecule has 0 fully saturated rings. The van der Waals surface area contributed by atoms with Gasteiger partial charge in [-0.25, -0.2) is 14.4 Å². The number of anilines is 2. The van der Waals surface area contributed by atoms with Crippen LogP contribution in [-0.2, 0) is 23.8 Å². The zero-order valence-corrected chi connectivity index (χ0v) is 15.8. The second kappa shape index (κ2) is 8.89. The fourth-order valence-electron chi connectivity index (χ4n) is 1.82. The molecule has 0 radical (unpaired) electrons. The molecule has 0 aliphatic heterocycles. The van der Waals surface area contributed by atoms with Crippen molar-refractivity contribution in [3.8, 4) is 0 Å². The molecular formula is C18H24N2O6. The van der Waals surface area contributed by atoms with Gasteiger partial charge in [-0.1, -0.05) is 6.07 Å². The number of hydrogen-bond donors (Lipinski definition) is 1. The van der Waals surface area contributed by atoms with E-state index in [0.29, 0.717) is 11.4 Å². The summed E-state index contributed by atoms with van der Waals surface area (Å²) in [6, 6.07) is 6.68. The number of ether oxygens (including phenoxy) is 3. The van der Waals surface area contributed by atoms with Crippen LogP contribution < -0.4 is 10.2 Å². The summed E-state index contributed by atoms with van der Waals surface area (Å²) in [5.41, 5.74) is 0.282. The van der Waals surface area contributed by atoms with Crippen molar-refractivity contribution in [3.05, 3.63) is 36.0 Å². The van der Waals surface area contributed by atoms with E-state index in [1.807, 2.05) is 0 Å². The average molecular weight is 364 g/mol. The Morgan fingerprint density at radius 1 is 1.12 bits per heavy atom. The number of benzene rings is 1. The molecule has 0 aromatic heterocycles. The SMILES string of the molecule is COC(=O)/C=C(/Nc1cccc(N(C)C(=O)OC(C)(C)C)c1)C(=O)OC. The van der Waals surface area contributed by atoms with Crippen molar-refractivity contribution in [1.29, 1.82) is 0 Å². The number of esters is 2. The second-order valence-electron chi connectivity index (χ2n) is 6.29. The largest absolute Gasteiger partial charge is 0.466 e. The maximum atomic E-state index is 12.2. The third-order valence-corrected chi connectivity index (χ3v) is 3.05. The minimum atomic E-state index is -0.735. The van der Waals surface area contributed by atoms with E-state index in [0.717, 1.165) is 6.08 Å². The molecule has 26 heavy (non-hydrogen) atoms. The van der Waals surface area contributed by atoms with Crippen LogP contribution in [0, 0.1) is 0 Å². The van der Waals surface area contributed by atoms with Crippen LogP contribution in [0.2, 0.25) is 0 Å². The summed E-state index contributed by atoms with van der Waals surface area (Å²) in [5, 5.41) is 2.78. The lowest BCUT2D eigenvalue weighted by atomic mass is 10.2. The molecule has 8 heteroatoms. The van der Waals surface area contributed by atoms with E-state index in [1.165, 1.54) is 19.1 Å². The van der Waals surface area contributed by atoms with Gasteiger partial charge in [-0.05, 0) is 39.0 Å². The molecule has 1 rings (SSSR count). The van der Waals surface area contributed by atoms with Crippen molar-refractivity contribution in [2.45, 2.75) is 26.4 Å². The summed E-state index contributed by atoms with van der Waals surface area (Å²) < 4.78 is 14.5. The lowest BCUT2D eigenvalue weighted by Gasteiger charge is -2.25. The Balaban J connectivity index is 3.04. The third-order valence-electron chi connectivity index (χ3n) is 3.05. The molecule has 0 bridgehead atoms. The van der Waals surface area contributed by atoms with Gasteiger partial charge in [0.25, 0.3) is 0 Å². The van der Waals surface area contributed by atoms with Gasteiger partial charge in [-0.3, -0.25) is 4.90 Å². The van der Waals surface area contributed by atoms with Crippen molar-refractivity contribution in [2.24, 2.45) is 0 Å². The van der Waals surface area contributed by atoms with Crippen LogP contribution in [-0.4, -0.2) is 44.9 Å². The number of carbonyl (C=O) groups excluding carboxylic acids is 3. The van der Waals surface area contributed by atoms with Crippen LogP contribution in [0.3, 0.4) is 0 Å². The van der Waals surface area contributed by atoms with Gasteiger partial charge in [0.2, 0.25) is 0 Å². The first kappa shape index (κ1) is 21.0. The van der Waals surface area contributed by atoms with E-state index in [-0.39, 0.29) is 5.70 Å². The smallest absolute Gasteiger partial charge is 0.414 e. The molecule has 0 aliphatic carbocycles. The molecular weight excluding hydrogens is 340 g/mol. The lowest BCUT2D eigenvalue weighted by Crippen LogP contribution is -2.34. The zero-order valence-electron chi connectivity index (χ0n) is 15.8. The quantitative estimate of drug-likeness (QED) is 0.488. The van der Waals surface area contributed by atoms with Gasteiger partial charge in [0.1, 0.15) is 11.3 Å². The van der Waals surface area contributed by atoms with Crippen LogP contribution in [0.1, 0.15) is 20.8 Å². The van der Waals surface area contributed by atoms with Gasteiger partial charge in [-0.2, -0.15) is 0 Å². The Labute approximate surface area is 152 Å². The summed E-state index contributed by atoms with van der Waals surface area (Å²) in [6.45, 7) is 5.32. The van der Waals surface area contributed by atoms with Gasteiger partial charge in [0.15, 0.2) is 0 Å². The monoisotopic (exact) mass is 364 g/mol. The molecule has 0 atom stereocenters. The molecule has 0 saturated carbocycles. The highest BCUT2D eigenvalue weighted by atomic mass is 16.6. The highest BCUT2D eigenvalue weighted by Crippen LogP contribution is 2.22. The van der Waals surface area contributed by atoms with Crippen molar-refractivity contribution < 1.29 is 28.6 Å². The highest BCUT2D eigenvalue weighted by molar-refractivity contribution is 5.99. The summed E-state index contributed by atoms with van der Waals surface area (Å²) in [5.74, 6) is -1.44. The predicted molar refractivity (Wildman–Crippen MR) is 96.8 cm³/mol. The fraction of sp³-hybridized carbons (Fsp3) is 0.389. The fourth-order valence-corrected chi connectivity index (χ4v) is 1.82. The van der Waals surface area contributed by atoms with Gasteiger partial charge >= 0.3 is 18.0 Å². The average Bonchev–Trinajstić information content (AvgIpc) is 2.58. The van der Waals surface area contributed by atoms with Gasteiger partial charge in [0.05, 0.1) is 20.3 Å². The number of nitrogens with one attached hydrogen (secondary N) is 1. The minimum absolute atomic E-state index is 0.101. The number of rotatable bonds is 5. The predicted octanol–water partition coefficient (Wildman–Crippen LogP) is 2.70. The topological polar surface area (TPSA) is 94.2 Å². The Morgan fingerprint density at radius 2 is 1.77 bits per heavy atom. The third kappa shape index (κ3) is 6.46. The van der Waals surface area contributed by atoms with Crippen LogP contribution in [0.5, 0.6) is 0 Å². The molecule has 0 aliphatic rings. The summed E-state index contributed by atoms with van der Waals surface area (Å²) in [6.07, 6.45) is 0.462. The number of amides is 1. The first-order valence-corrected chi connectivity index (χ1v) is 7.79. The standard InChI is InChI=1S/C18H24N2O6/c1-18(2,3)26-17(23)20(4)13-9-7-8-12(10-13)19-14(16(22)25-6)11-15(21)24-5/h7-11,19H,1-6H3/b14-11+. The summed E-state index contributed by atoms with van der Waals surface area (Å²) in [4.78, 5) is 36.7. The summed E-state index contributed by atoms with van der Waals surface area (Å²) >= 11 is 0. The first-order chi connectivity index (χ1) is 12.1. The van der Waals surface area contributed by atoms with Crippen LogP contribution >= 0.6 is 0 Å². The van der Waals surface area contributed by atoms with Crippen LogP contribution in [0.25, 0.3) is 0 Å².